The summed E-state index contributed by atoms with van der Waals surface area (Å²) in [6.07, 6.45) is 3.75. The number of hydrogen-bond acceptors (Lipinski definition) is 6. The summed E-state index contributed by atoms with van der Waals surface area (Å²) in [5, 5.41) is 0.946. The largest absolute Gasteiger partial charge is 0.346 e. The van der Waals surface area contributed by atoms with Gasteiger partial charge in [0.1, 0.15) is 0 Å². The Kier molecular flexibility index (Phi) is 6.33. The summed E-state index contributed by atoms with van der Waals surface area (Å²) >= 11 is 3.15. The molecule has 1 aromatic heterocycles. The van der Waals surface area contributed by atoms with Crippen molar-refractivity contribution in [3.05, 3.63) is 76.8 Å². The highest BCUT2D eigenvalue weighted by Gasteiger charge is 2.24. The van der Waals surface area contributed by atoms with E-state index in [1.807, 2.05) is 30.5 Å². The Morgan fingerprint density at radius 3 is 2.55 bits per heavy atom. The first-order valence-corrected chi connectivity index (χ1v) is 11.9. The van der Waals surface area contributed by atoms with Crippen LogP contribution in [0.4, 0.5) is 5.13 Å². The second-order valence-corrected chi connectivity index (χ2v) is 9.07. The van der Waals surface area contributed by atoms with Gasteiger partial charge in [-0.15, -0.1) is 11.8 Å². The summed E-state index contributed by atoms with van der Waals surface area (Å²) in [5.41, 5.74) is 2.09. The summed E-state index contributed by atoms with van der Waals surface area (Å²) < 4.78 is 0. The SMILES string of the molecule is CSc1cccc(C(=O)c2cnc(N3CCN(C(C)c4ccccc4)CC3)s2)c1. The molecule has 3 aromatic rings. The molecular formula is C23H25N3OS2. The van der Waals surface area contributed by atoms with Gasteiger partial charge >= 0.3 is 0 Å². The monoisotopic (exact) mass is 423 g/mol. The molecular weight excluding hydrogens is 398 g/mol. The Bertz CT molecular complexity index is 965. The van der Waals surface area contributed by atoms with Crippen molar-refractivity contribution in [2.24, 2.45) is 0 Å². The molecule has 0 N–H and O–H groups in total. The molecule has 0 bridgehead atoms. The first-order chi connectivity index (χ1) is 14.2. The van der Waals surface area contributed by atoms with E-state index in [1.165, 1.54) is 16.9 Å². The highest BCUT2D eigenvalue weighted by atomic mass is 32.2. The van der Waals surface area contributed by atoms with Crippen LogP contribution in [0, 0.1) is 0 Å². The van der Waals surface area contributed by atoms with Gasteiger partial charge in [-0.3, -0.25) is 9.69 Å². The maximum atomic E-state index is 12.8. The number of benzene rings is 2. The molecule has 29 heavy (non-hydrogen) atoms. The van der Waals surface area contributed by atoms with Gasteiger partial charge in [0.05, 0.1) is 11.1 Å². The van der Waals surface area contributed by atoms with E-state index in [-0.39, 0.29) is 5.78 Å². The molecule has 0 amide bonds. The van der Waals surface area contributed by atoms with Crippen LogP contribution in [0.5, 0.6) is 0 Å². The number of aromatic nitrogens is 1. The van der Waals surface area contributed by atoms with Crippen LogP contribution in [0.1, 0.15) is 33.8 Å². The van der Waals surface area contributed by atoms with Crippen LogP contribution < -0.4 is 4.90 Å². The maximum Gasteiger partial charge on any atom is 0.204 e. The van der Waals surface area contributed by atoms with E-state index >= 15 is 0 Å². The molecule has 4 rings (SSSR count). The number of thiazole rings is 1. The van der Waals surface area contributed by atoms with Crippen LogP contribution in [0.15, 0.2) is 65.7 Å². The minimum atomic E-state index is 0.0565. The van der Waals surface area contributed by atoms with Crippen LogP contribution in [0.2, 0.25) is 0 Å². The van der Waals surface area contributed by atoms with Crippen molar-refractivity contribution in [3.8, 4) is 0 Å². The zero-order chi connectivity index (χ0) is 20.2. The van der Waals surface area contributed by atoms with Crippen molar-refractivity contribution in [1.82, 2.24) is 9.88 Å². The molecule has 0 aliphatic carbocycles. The third-order valence-electron chi connectivity index (χ3n) is 5.46. The van der Waals surface area contributed by atoms with Crippen LogP contribution in [-0.2, 0) is 0 Å². The fourth-order valence-corrected chi connectivity index (χ4v) is 5.05. The molecule has 6 heteroatoms. The number of nitrogens with zero attached hydrogens (tertiary/aromatic N) is 3. The first kappa shape index (κ1) is 20.1. The topological polar surface area (TPSA) is 36.4 Å². The molecule has 0 spiro atoms. The summed E-state index contributed by atoms with van der Waals surface area (Å²) in [7, 11) is 0. The Balaban J connectivity index is 1.40. The van der Waals surface area contributed by atoms with E-state index in [0.29, 0.717) is 10.9 Å². The summed E-state index contributed by atoms with van der Waals surface area (Å²) in [6.45, 7) is 6.12. The fourth-order valence-electron chi connectivity index (χ4n) is 3.67. The predicted molar refractivity (Wildman–Crippen MR) is 122 cm³/mol. The second-order valence-electron chi connectivity index (χ2n) is 7.18. The quantitative estimate of drug-likeness (QED) is 0.413. The lowest BCUT2D eigenvalue weighted by molar-refractivity contribution is 0.104. The van der Waals surface area contributed by atoms with Gasteiger partial charge in [0.15, 0.2) is 5.13 Å². The summed E-state index contributed by atoms with van der Waals surface area (Å²) in [4.78, 5) is 24.0. The Labute approximate surface area is 180 Å². The number of carbonyl (C=O) groups is 1. The number of ketones is 1. The van der Waals surface area contributed by atoms with Crippen molar-refractivity contribution in [3.63, 3.8) is 0 Å². The lowest BCUT2D eigenvalue weighted by Crippen LogP contribution is -2.47. The van der Waals surface area contributed by atoms with Crippen molar-refractivity contribution < 1.29 is 4.79 Å². The van der Waals surface area contributed by atoms with E-state index in [1.54, 1.807) is 18.0 Å². The van der Waals surface area contributed by atoms with Gasteiger partial charge in [-0.05, 0) is 30.9 Å². The van der Waals surface area contributed by atoms with Gasteiger partial charge in [0.2, 0.25) is 5.78 Å². The number of piperazine rings is 1. The third kappa shape index (κ3) is 4.55. The van der Waals surface area contributed by atoms with Gasteiger partial charge in [-0.1, -0.05) is 53.8 Å². The first-order valence-electron chi connectivity index (χ1n) is 9.84. The van der Waals surface area contributed by atoms with Crippen LogP contribution in [0.25, 0.3) is 0 Å². The number of rotatable bonds is 6. The van der Waals surface area contributed by atoms with Crippen LogP contribution >= 0.6 is 23.1 Å². The van der Waals surface area contributed by atoms with E-state index < -0.39 is 0 Å². The van der Waals surface area contributed by atoms with E-state index in [2.05, 4.69) is 52.0 Å². The van der Waals surface area contributed by atoms with E-state index in [4.69, 9.17) is 0 Å². The zero-order valence-corrected chi connectivity index (χ0v) is 18.4. The Morgan fingerprint density at radius 1 is 1.07 bits per heavy atom. The van der Waals surface area contributed by atoms with Crippen LogP contribution in [-0.4, -0.2) is 48.1 Å². The number of anilines is 1. The van der Waals surface area contributed by atoms with E-state index in [9.17, 15) is 4.79 Å². The molecule has 4 nitrogen and oxygen atoms in total. The average Bonchev–Trinajstić information content (AvgIpc) is 3.29. The minimum absolute atomic E-state index is 0.0565. The minimum Gasteiger partial charge on any atom is -0.346 e. The molecule has 0 saturated carbocycles. The Morgan fingerprint density at radius 2 is 1.83 bits per heavy atom. The predicted octanol–water partition coefficient (Wildman–Crippen LogP) is 4.98. The summed E-state index contributed by atoms with van der Waals surface area (Å²) in [5.74, 6) is 0.0565. The molecule has 0 radical (unpaired) electrons. The van der Waals surface area contributed by atoms with Crippen LogP contribution in [0.3, 0.4) is 0 Å². The molecule has 1 saturated heterocycles. The van der Waals surface area contributed by atoms with Crippen molar-refractivity contribution in [1.29, 1.82) is 0 Å². The van der Waals surface area contributed by atoms with Crippen molar-refractivity contribution in [2.45, 2.75) is 17.9 Å². The molecule has 150 valence electrons. The van der Waals surface area contributed by atoms with Gasteiger partial charge < -0.3 is 4.90 Å². The fraction of sp³-hybridized carbons (Fsp3) is 0.304. The lowest BCUT2D eigenvalue weighted by Gasteiger charge is -2.38. The zero-order valence-electron chi connectivity index (χ0n) is 16.7. The Hall–Kier alpha value is -2.15. The third-order valence-corrected chi connectivity index (χ3v) is 7.25. The smallest absolute Gasteiger partial charge is 0.204 e. The van der Waals surface area contributed by atoms with Gasteiger partial charge in [0, 0.05) is 42.7 Å². The van der Waals surface area contributed by atoms with Gasteiger partial charge in [-0.25, -0.2) is 4.98 Å². The molecule has 1 aliphatic rings. The molecule has 1 atom stereocenters. The van der Waals surface area contributed by atoms with E-state index in [0.717, 1.165) is 41.8 Å². The normalized spacial score (nSPS) is 16.0. The van der Waals surface area contributed by atoms with Gasteiger partial charge in [-0.2, -0.15) is 0 Å². The maximum absolute atomic E-state index is 12.8. The van der Waals surface area contributed by atoms with Crippen molar-refractivity contribution >= 4 is 34.0 Å². The molecule has 1 fully saturated rings. The number of hydrogen-bond donors (Lipinski definition) is 0. The molecule has 2 heterocycles. The average molecular weight is 424 g/mol. The standard InChI is InChI=1S/C23H25N3OS2/c1-17(18-7-4-3-5-8-18)25-11-13-26(14-12-25)23-24-16-21(29-23)22(27)19-9-6-10-20(15-19)28-2/h3-10,15-17H,11-14H2,1-2H3. The number of thioether (sulfide) groups is 1. The number of carbonyl (C=O) groups excluding carboxylic acids is 1. The lowest BCUT2D eigenvalue weighted by atomic mass is 10.1. The highest BCUT2D eigenvalue weighted by Crippen LogP contribution is 2.28. The second kappa shape index (κ2) is 9.11. The molecule has 2 aromatic carbocycles. The van der Waals surface area contributed by atoms with Gasteiger partial charge in [0.25, 0.3) is 0 Å². The molecule has 1 unspecified atom stereocenters. The summed E-state index contributed by atoms with van der Waals surface area (Å²) in [6, 6.07) is 18.9. The molecule has 1 aliphatic heterocycles. The highest BCUT2D eigenvalue weighted by molar-refractivity contribution is 7.98. The van der Waals surface area contributed by atoms with Crippen molar-refractivity contribution in [2.75, 3.05) is 37.3 Å².